The van der Waals surface area contributed by atoms with E-state index >= 15 is 0 Å². The fraction of sp³-hybridized carbons (Fsp3) is 0.948. The van der Waals surface area contributed by atoms with Crippen molar-refractivity contribution in [3.05, 3.63) is 0 Å². The van der Waals surface area contributed by atoms with Crippen molar-refractivity contribution in [3.63, 3.8) is 0 Å². The fourth-order valence-electron chi connectivity index (χ4n) is 11.8. The molecule has 0 aliphatic heterocycles. The Bertz CT molecular complexity index is 1860. The highest BCUT2D eigenvalue weighted by Gasteiger charge is 2.30. The van der Waals surface area contributed by atoms with E-state index in [2.05, 4.69) is 41.5 Å². The second kappa shape index (κ2) is 68.8. The van der Waals surface area contributed by atoms with E-state index in [0.29, 0.717) is 31.6 Å². The van der Waals surface area contributed by atoms with Crippen molar-refractivity contribution < 1.29 is 80.2 Å². The molecule has 0 aromatic heterocycles. The molecule has 570 valence electrons. The predicted octanol–water partition coefficient (Wildman–Crippen LogP) is 22.7. The van der Waals surface area contributed by atoms with Gasteiger partial charge in [0.05, 0.1) is 26.4 Å². The summed E-state index contributed by atoms with van der Waals surface area (Å²) in [5.41, 5.74) is 0. The molecule has 0 aliphatic rings. The van der Waals surface area contributed by atoms with E-state index < -0.39 is 97.5 Å². The summed E-state index contributed by atoms with van der Waals surface area (Å²) in [6.07, 6.45) is 57.4. The van der Waals surface area contributed by atoms with Crippen molar-refractivity contribution >= 4 is 39.5 Å². The maximum absolute atomic E-state index is 13.1. The minimum Gasteiger partial charge on any atom is -0.462 e. The van der Waals surface area contributed by atoms with E-state index in [9.17, 15) is 43.2 Å². The summed E-state index contributed by atoms with van der Waals surface area (Å²) >= 11 is 0. The molecule has 0 amide bonds. The Morgan fingerprint density at radius 1 is 0.281 bits per heavy atom. The van der Waals surface area contributed by atoms with Crippen LogP contribution in [0.1, 0.15) is 401 Å². The van der Waals surface area contributed by atoms with Gasteiger partial charge < -0.3 is 33.8 Å². The molecule has 0 spiro atoms. The fourth-order valence-corrected chi connectivity index (χ4v) is 13.4. The van der Waals surface area contributed by atoms with Crippen LogP contribution in [-0.2, 0) is 65.4 Å². The van der Waals surface area contributed by atoms with Crippen LogP contribution in [-0.4, -0.2) is 96.7 Å². The molecule has 0 aliphatic carbocycles. The molecule has 19 heteroatoms. The third-order valence-corrected chi connectivity index (χ3v) is 19.9. The zero-order chi connectivity index (χ0) is 70.7. The molecule has 0 aromatic rings. The van der Waals surface area contributed by atoms with Gasteiger partial charge in [0.25, 0.3) is 0 Å². The quantitative estimate of drug-likeness (QED) is 0.0222. The van der Waals surface area contributed by atoms with Crippen LogP contribution in [0.3, 0.4) is 0 Å². The van der Waals surface area contributed by atoms with Crippen LogP contribution in [0.2, 0.25) is 0 Å². The second-order valence-electron chi connectivity index (χ2n) is 28.7. The number of ether oxygens (including phenoxy) is 4. The van der Waals surface area contributed by atoms with E-state index in [-0.39, 0.29) is 25.7 Å². The molecule has 3 N–H and O–H groups in total. The molecule has 0 radical (unpaired) electrons. The van der Waals surface area contributed by atoms with Crippen molar-refractivity contribution in [2.75, 3.05) is 39.6 Å². The summed E-state index contributed by atoms with van der Waals surface area (Å²) in [7, 11) is -9.90. The smallest absolute Gasteiger partial charge is 0.462 e. The standard InChI is InChI=1S/C77H150O17P2/c1-7-9-11-13-15-17-18-19-20-21-22-23-24-25-28-32-35-38-42-49-55-61-76(81)93-72(65-88-75(80)60-54-48-41-37-34-31-29-26-27-30-33-36-39-45-51-57-69(3)4)67-91-95(83,84)89-63-71(78)64-90-96(85,86)92-68-73(66-87-74(79)59-53-47-40-16-14-12-10-8-2)94-77(82)62-56-50-44-43-46-52-58-70(5)6/h69-73,78H,7-68H2,1-6H3,(H,83,84)(H,85,86)/t71-,72-,73-/m1/s1. The largest absolute Gasteiger partial charge is 0.472 e. The molecule has 0 aromatic carbocycles. The number of esters is 4. The minimum absolute atomic E-state index is 0.102. The molecule has 0 saturated heterocycles. The lowest BCUT2D eigenvalue weighted by atomic mass is 10.0. The van der Waals surface area contributed by atoms with Crippen molar-refractivity contribution in [2.24, 2.45) is 11.8 Å². The summed E-state index contributed by atoms with van der Waals surface area (Å²) in [6.45, 7) is 9.50. The van der Waals surface area contributed by atoms with Crippen LogP contribution in [0.15, 0.2) is 0 Å². The monoisotopic (exact) mass is 1410 g/mol. The third-order valence-electron chi connectivity index (χ3n) is 18.0. The highest BCUT2D eigenvalue weighted by Crippen LogP contribution is 2.45. The number of hydrogen-bond donors (Lipinski definition) is 3. The van der Waals surface area contributed by atoms with Gasteiger partial charge in [-0.2, -0.15) is 0 Å². The van der Waals surface area contributed by atoms with Crippen LogP contribution in [0.5, 0.6) is 0 Å². The first kappa shape index (κ1) is 94.1. The summed E-state index contributed by atoms with van der Waals surface area (Å²) in [4.78, 5) is 72.6. The van der Waals surface area contributed by atoms with Gasteiger partial charge in [-0.3, -0.25) is 37.3 Å². The van der Waals surface area contributed by atoms with E-state index in [1.54, 1.807) is 0 Å². The normalized spacial score (nSPS) is 14.0. The molecule has 96 heavy (non-hydrogen) atoms. The molecular formula is C77H150O17P2. The summed E-state index contributed by atoms with van der Waals surface area (Å²) < 4.78 is 68.4. The summed E-state index contributed by atoms with van der Waals surface area (Å²) in [5, 5.41) is 10.6. The van der Waals surface area contributed by atoms with Crippen molar-refractivity contribution in [3.8, 4) is 0 Å². The average Bonchev–Trinajstić information content (AvgIpc) is 1.19. The van der Waals surface area contributed by atoms with Gasteiger partial charge in [0.15, 0.2) is 12.2 Å². The van der Waals surface area contributed by atoms with Gasteiger partial charge >= 0.3 is 39.5 Å². The molecule has 0 bridgehead atoms. The Hall–Kier alpha value is -1.94. The maximum Gasteiger partial charge on any atom is 0.472 e. The summed E-state index contributed by atoms with van der Waals surface area (Å²) in [5.74, 6) is -0.647. The Labute approximate surface area is 588 Å². The average molecular weight is 1410 g/mol. The first-order chi connectivity index (χ1) is 46.4. The van der Waals surface area contributed by atoms with Crippen LogP contribution in [0.4, 0.5) is 0 Å². The zero-order valence-electron chi connectivity index (χ0n) is 62.7. The SMILES string of the molecule is CCCCCCCCCCCCCCCCCCCCCCCC(=O)O[C@H](COC(=O)CCCCCCCCCCCCCCCCCC(C)C)COP(=O)(O)OC[C@@H](O)COP(=O)(O)OC[C@@H](COC(=O)CCCCCCCCCC)OC(=O)CCCCCCCCC(C)C. The lowest BCUT2D eigenvalue weighted by Gasteiger charge is -2.21. The van der Waals surface area contributed by atoms with Crippen LogP contribution in [0.25, 0.3) is 0 Å². The number of aliphatic hydroxyl groups is 1. The first-order valence-electron chi connectivity index (χ1n) is 40.0. The molecule has 0 fully saturated rings. The predicted molar refractivity (Wildman–Crippen MR) is 391 cm³/mol. The molecule has 2 unspecified atom stereocenters. The van der Waals surface area contributed by atoms with Crippen molar-refractivity contribution in [2.45, 2.75) is 419 Å². The number of unbranched alkanes of at least 4 members (excludes halogenated alkanes) is 46. The molecule has 5 atom stereocenters. The van der Waals surface area contributed by atoms with Crippen molar-refractivity contribution in [1.29, 1.82) is 0 Å². The molecular weight excluding hydrogens is 1260 g/mol. The lowest BCUT2D eigenvalue weighted by Crippen LogP contribution is -2.30. The number of aliphatic hydroxyl groups excluding tert-OH is 1. The van der Waals surface area contributed by atoms with Gasteiger partial charge in [-0.15, -0.1) is 0 Å². The Balaban J connectivity index is 5.15. The molecule has 0 heterocycles. The lowest BCUT2D eigenvalue weighted by molar-refractivity contribution is -0.161. The first-order valence-corrected chi connectivity index (χ1v) is 43.0. The highest BCUT2D eigenvalue weighted by atomic mass is 31.2. The molecule has 0 saturated carbocycles. The van der Waals surface area contributed by atoms with E-state index in [1.165, 1.54) is 212 Å². The number of rotatable bonds is 76. The van der Waals surface area contributed by atoms with Gasteiger partial charge in [-0.25, -0.2) is 9.13 Å². The minimum atomic E-state index is -4.96. The van der Waals surface area contributed by atoms with E-state index in [4.69, 9.17) is 37.0 Å². The number of phosphoric ester groups is 2. The van der Waals surface area contributed by atoms with Gasteiger partial charge in [0, 0.05) is 25.7 Å². The summed E-state index contributed by atoms with van der Waals surface area (Å²) in [6, 6.07) is 0. The third kappa shape index (κ3) is 70.5. The Morgan fingerprint density at radius 2 is 0.479 bits per heavy atom. The molecule has 17 nitrogen and oxygen atoms in total. The zero-order valence-corrected chi connectivity index (χ0v) is 64.5. The van der Waals surface area contributed by atoms with Gasteiger partial charge in [-0.1, -0.05) is 350 Å². The van der Waals surface area contributed by atoms with Gasteiger partial charge in [0.2, 0.25) is 0 Å². The van der Waals surface area contributed by atoms with E-state index in [1.807, 2.05) is 0 Å². The van der Waals surface area contributed by atoms with Crippen LogP contribution in [0, 0.1) is 11.8 Å². The maximum atomic E-state index is 13.1. The van der Waals surface area contributed by atoms with Crippen LogP contribution >= 0.6 is 15.6 Å². The molecule has 0 rings (SSSR count). The van der Waals surface area contributed by atoms with E-state index in [0.717, 1.165) is 102 Å². The number of carbonyl (C=O) groups is 4. The number of hydrogen-bond acceptors (Lipinski definition) is 15. The number of phosphoric acid groups is 2. The Morgan fingerprint density at radius 3 is 0.708 bits per heavy atom. The van der Waals surface area contributed by atoms with Gasteiger partial charge in [-0.05, 0) is 37.5 Å². The highest BCUT2D eigenvalue weighted by molar-refractivity contribution is 7.47. The Kier molecular flexibility index (Phi) is 67.4. The second-order valence-corrected chi connectivity index (χ2v) is 31.6. The topological polar surface area (TPSA) is 237 Å². The number of carbonyl (C=O) groups excluding carboxylic acids is 4. The van der Waals surface area contributed by atoms with Crippen LogP contribution < -0.4 is 0 Å². The van der Waals surface area contributed by atoms with Gasteiger partial charge in [0.1, 0.15) is 19.3 Å². The van der Waals surface area contributed by atoms with Crippen molar-refractivity contribution in [1.82, 2.24) is 0 Å².